The maximum atomic E-state index is 14.9. The van der Waals surface area contributed by atoms with E-state index in [9.17, 15) is 17.2 Å². The van der Waals surface area contributed by atoms with Gasteiger partial charge in [0.1, 0.15) is 34.4 Å². The van der Waals surface area contributed by atoms with Crippen LogP contribution in [0.2, 0.25) is 0 Å². The Morgan fingerprint density at radius 2 is 1.65 bits per heavy atom. The molecule has 0 fully saturated rings. The van der Waals surface area contributed by atoms with Crippen molar-refractivity contribution in [3.8, 4) is 23.1 Å². The van der Waals surface area contributed by atoms with Gasteiger partial charge >= 0.3 is 0 Å². The second kappa shape index (κ2) is 10.5. The lowest BCUT2D eigenvalue weighted by Crippen LogP contribution is -2.33. The van der Waals surface area contributed by atoms with Crippen LogP contribution in [0.5, 0.6) is 5.88 Å². The summed E-state index contributed by atoms with van der Waals surface area (Å²) in [5.41, 5.74) is 0.324. The highest BCUT2D eigenvalue weighted by atomic mass is 32.2. The molecule has 0 saturated heterocycles. The van der Waals surface area contributed by atoms with Crippen molar-refractivity contribution in [1.82, 2.24) is 29.7 Å². The first kappa shape index (κ1) is 26.0. The number of aromatic nitrogens is 6. The number of nitrogens with zero attached hydrogens (tertiary/aromatic N) is 6. The summed E-state index contributed by atoms with van der Waals surface area (Å²) in [5, 5.41) is 6.61. The van der Waals surface area contributed by atoms with Crippen molar-refractivity contribution in [3.63, 3.8) is 0 Å². The van der Waals surface area contributed by atoms with Crippen molar-refractivity contribution in [2.24, 2.45) is 0 Å². The lowest BCUT2D eigenvalue weighted by molar-refractivity contribution is 0.0949. The van der Waals surface area contributed by atoms with Gasteiger partial charge in [0.05, 0.1) is 7.11 Å². The molecule has 1 aromatic carbocycles. The van der Waals surface area contributed by atoms with E-state index in [1.807, 2.05) is 0 Å². The highest BCUT2D eigenvalue weighted by Crippen LogP contribution is 2.30. The van der Waals surface area contributed by atoms with E-state index in [-0.39, 0.29) is 23.2 Å². The van der Waals surface area contributed by atoms with E-state index < -0.39 is 44.6 Å². The van der Waals surface area contributed by atoms with Crippen molar-refractivity contribution in [2.75, 3.05) is 18.9 Å². The minimum Gasteiger partial charge on any atom is -0.481 e. The van der Waals surface area contributed by atoms with Crippen molar-refractivity contribution in [1.29, 1.82) is 0 Å². The quantitative estimate of drug-likeness (QED) is 0.345. The number of anilines is 1. The third kappa shape index (κ3) is 5.24. The zero-order chi connectivity index (χ0) is 26.7. The molecule has 0 aliphatic heterocycles. The minimum absolute atomic E-state index is 0.126. The molecule has 37 heavy (non-hydrogen) atoms. The monoisotopic (exact) mass is 531 g/mol. The van der Waals surface area contributed by atoms with E-state index in [1.54, 1.807) is 19.1 Å². The molecule has 0 amide bonds. The predicted octanol–water partition coefficient (Wildman–Crippen LogP) is 3.23. The van der Waals surface area contributed by atoms with E-state index >= 15 is 0 Å². The molecule has 0 aliphatic rings. The summed E-state index contributed by atoms with van der Waals surface area (Å²) in [6.07, 6.45) is 2.01. The molecule has 11 nitrogen and oxygen atoms in total. The van der Waals surface area contributed by atoms with Crippen LogP contribution in [0.3, 0.4) is 0 Å². The molecular formula is C23H23F2N7O4S. The highest BCUT2D eigenvalue weighted by Gasteiger charge is 2.35. The van der Waals surface area contributed by atoms with Gasteiger partial charge in [0, 0.05) is 25.6 Å². The molecule has 3 aromatic heterocycles. The van der Waals surface area contributed by atoms with Crippen LogP contribution in [0.15, 0.2) is 48.8 Å². The van der Waals surface area contributed by atoms with Crippen LogP contribution in [0.25, 0.3) is 17.2 Å². The number of nitrogens with one attached hydrogen (secondary N) is 1. The van der Waals surface area contributed by atoms with Crippen LogP contribution in [-0.4, -0.2) is 57.6 Å². The number of rotatable bonds is 9. The Hall–Kier alpha value is -4.04. The van der Waals surface area contributed by atoms with Gasteiger partial charge in [-0.25, -0.2) is 32.2 Å². The molecule has 0 aliphatic carbocycles. The average Bonchev–Trinajstić information content (AvgIpc) is 3.27. The van der Waals surface area contributed by atoms with Crippen molar-refractivity contribution >= 4 is 16.0 Å². The largest absolute Gasteiger partial charge is 0.481 e. The molecule has 2 atom stereocenters. The van der Waals surface area contributed by atoms with Crippen LogP contribution in [-0.2, 0) is 14.8 Å². The van der Waals surface area contributed by atoms with Gasteiger partial charge in [-0.2, -0.15) is 0 Å². The Morgan fingerprint density at radius 1 is 1.00 bits per heavy atom. The lowest BCUT2D eigenvalue weighted by Gasteiger charge is -2.22. The SMILES string of the molecule is COc1cccc(-c2nnc(NS(=O)(=O)[C@H](C)[C@@H](OC)c3ncc(C)cn3)n2-c2c(F)cccc2F)n1. The number of methoxy groups -OCH3 is 2. The standard InChI is InChI=1S/C23H23F2N7O4S/c1-13-11-26-21(27-12-13)20(36-4)14(2)37(33,34)31-23-30-29-22(17-9-6-10-18(28-17)35-3)32(23)19-15(24)7-5-8-16(19)25/h5-12,14,20H,1-4H3,(H,30,31)/t14-,20-/m1/s1. The van der Waals surface area contributed by atoms with E-state index in [0.717, 1.165) is 22.3 Å². The fourth-order valence-corrected chi connectivity index (χ4v) is 4.65. The molecular weight excluding hydrogens is 508 g/mol. The van der Waals surface area contributed by atoms with Crippen LogP contribution in [0.1, 0.15) is 24.4 Å². The maximum Gasteiger partial charge on any atom is 0.243 e. The normalized spacial score (nSPS) is 13.2. The summed E-state index contributed by atoms with van der Waals surface area (Å²) >= 11 is 0. The average molecular weight is 532 g/mol. The number of pyridine rings is 1. The van der Waals surface area contributed by atoms with E-state index in [2.05, 4.69) is 29.9 Å². The van der Waals surface area contributed by atoms with Gasteiger partial charge in [-0.15, -0.1) is 10.2 Å². The van der Waals surface area contributed by atoms with E-state index in [1.165, 1.54) is 45.7 Å². The van der Waals surface area contributed by atoms with Crippen molar-refractivity contribution < 1.29 is 26.7 Å². The van der Waals surface area contributed by atoms with Gasteiger partial charge in [-0.3, -0.25) is 9.29 Å². The first-order valence-corrected chi connectivity index (χ1v) is 12.4. The van der Waals surface area contributed by atoms with Gasteiger partial charge in [0.2, 0.25) is 21.9 Å². The topological polar surface area (TPSA) is 134 Å². The molecule has 4 rings (SSSR count). The van der Waals surface area contributed by atoms with E-state index in [4.69, 9.17) is 9.47 Å². The van der Waals surface area contributed by atoms with Crippen LogP contribution < -0.4 is 9.46 Å². The van der Waals surface area contributed by atoms with Crippen molar-refractivity contribution in [2.45, 2.75) is 25.2 Å². The molecule has 1 N–H and O–H groups in total. The fourth-order valence-electron chi connectivity index (χ4n) is 3.52. The summed E-state index contributed by atoms with van der Waals surface area (Å²) in [4.78, 5) is 12.6. The summed E-state index contributed by atoms with van der Waals surface area (Å²) in [6.45, 7) is 3.17. The number of para-hydroxylation sites is 1. The van der Waals surface area contributed by atoms with Gasteiger partial charge in [0.15, 0.2) is 11.6 Å². The predicted molar refractivity (Wildman–Crippen MR) is 130 cm³/mol. The molecule has 0 saturated carbocycles. The number of ether oxygens (including phenoxy) is 2. The van der Waals surface area contributed by atoms with Crippen LogP contribution in [0, 0.1) is 18.6 Å². The fraction of sp³-hybridized carbons (Fsp3) is 0.261. The molecule has 0 radical (unpaired) electrons. The van der Waals surface area contributed by atoms with Crippen LogP contribution >= 0.6 is 0 Å². The van der Waals surface area contributed by atoms with Gasteiger partial charge in [-0.05, 0) is 37.6 Å². The maximum absolute atomic E-state index is 14.9. The summed E-state index contributed by atoms with van der Waals surface area (Å²) in [5.74, 6) is -2.18. The molecule has 0 unspecified atom stereocenters. The number of benzene rings is 1. The summed E-state index contributed by atoms with van der Waals surface area (Å²) in [6, 6.07) is 7.90. The Labute approximate surface area is 211 Å². The molecule has 4 aromatic rings. The molecule has 14 heteroatoms. The van der Waals surface area contributed by atoms with Gasteiger partial charge < -0.3 is 9.47 Å². The Kier molecular flexibility index (Phi) is 7.40. The molecule has 194 valence electrons. The second-order valence-electron chi connectivity index (χ2n) is 7.95. The van der Waals surface area contributed by atoms with Crippen molar-refractivity contribution in [3.05, 3.63) is 71.8 Å². The number of sulfonamides is 1. The third-order valence-corrected chi connectivity index (χ3v) is 7.14. The first-order chi connectivity index (χ1) is 17.7. The molecule has 0 bridgehead atoms. The zero-order valence-corrected chi connectivity index (χ0v) is 21.1. The lowest BCUT2D eigenvalue weighted by atomic mass is 10.2. The van der Waals surface area contributed by atoms with Crippen LogP contribution in [0.4, 0.5) is 14.7 Å². The summed E-state index contributed by atoms with van der Waals surface area (Å²) in [7, 11) is -1.56. The Bertz CT molecular complexity index is 1490. The van der Waals surface area contributed by atoms with E-state index in [0.29, 0.717) is 0 Å². The number of hydrogen-bond donors (Lipinski definition) is 1. The molecule has 3 heterocycles. The van der Waals surface area contributed by atoms with Gasteiger partial charge in [0.25, 0.3) is 0 Å². The smallest absolute Gasteiger partial charge is 0.243 e. The number of hydrogen-bond acceptors (Lipinski definition) is 9. The minimum atomic E-state index is -4.29. The number of aryl methyl sites for hydroxylation is 1. The second-order valence-corrected chi connectivity index (χ2v) is 9.98. The van der Waals surface area contributed by atoms with Gasteiger partial charge in [-0.1, -0.05) is 12.1 Å². The zero-order valence-electron chi connectivity index (χ0n) is 20.3. The first-order valence-electron chi connectivity index (χ1n) is 10.9. The number of halogens is 2. The third-order valence-electron chi connectivity index (χ3n) is 5.44. The summed E-state index contributed by atoms with van der Waals surface area (Å²) < 4.78 is 70.3. The highest BCUT2D eigenvalue weighted by molar-refractivity contribution is 7.93. The molecule has 0 spiro atoms. The Balaban J connectivity index is 1.81. The Morgan fingerprint density at radius 3 is 2.27 bits per heavy atom.